The van der Waals surface area contributed by atoms with Crippen LogP contribution in [-0.4, -0.2) is 36.6 Å². The lowest BCUT2D eigenvalue weighted by atomic mass is 10.2. The molecule has 2 N–H and O–H groups in total. The fraction of sp³-hybridized carbons (Fsp3) is 0.833. The maximum Gasteiger partial charge on any atom is 0.407 e. The molecule has 0 unspecified atom stereocenters. The molecule has 0 aromatic carbocycles. The third kappa shape index (κ3) is 11.5. The molecule has 0 heterocycles. The summed E-state index contributed by atoms with van der Waals surface area (Å²) in [4.78, 5) is 22.5. The minimum atomic E-state index is -0.486. The minimum absolute atomic E-state index is 0.00656. The van der Waals surface area contributed by atoms with Crippen LogP contribution >= 0.6 is 11.6 Å². The number of alkyl halides is 1. The summed E-state index contributed by atoms with van der Waals surface area (Å²) < 4.78 is 5.07. The Morgan fingerprint density at radius 1 is 1.11 bits per heavy atom. The van der Waals surface area contributed by atoms with Crippen LogP contribution in [-0.2, 0) is 9.53 Å². The first-order valence-corrected chi connectivity index (χ1v) is 6.68. The number of rotatable bonds is 7. The van der Waals surface area contributed by atoms with Crippen LogP contribution in [0.1, 0.15) is 40.0 Å². The van der Waals surface area contributed by atoms with E-state index in [1.165, 1.54) is 0 Å². The lowest BCUT2D eigenvalue weighted by Crippen LogP contribution is -2.34. The van der Waals surface area contributed by atoms with Gasteiger partial charge in [0.1, 0.15) is 5.60 Å². The molecule has 0 saturated carbocycles. The van der Waals surface area contributed by atoms with Gasteiger partial charge in [0.05, 0.1) is 0 Å². The summed E-state index contributed by atoms with van der Waals surface area (Å²) in [6, 6.07) is 0. The quantitative estimate of drug-likeness (QED) is 0.553. The van der Waals surface area contributed by atoms with E-state index in [9.17, 15) is 9.59 Å². The Kier molecular flexibility index (Phi) is 8.54. The topological polar surface area (TPSA) is 67.4 Å². The Labute approximate surface area is 114 Å². The number of nitrogens with one attached hydrogen (secondary N) is 2. The van der Waals surface area contributed by atoms with Crippen LogP contribution in [0.3, 0.4) is 0 Å². The van der Waals surface area contributed by atoms with Crippen molar-refractivity contribution in [3.63, 3.8) is 0 Å². The molecule has 0 atom stereocenters. The molecule has 0 spiro atoms. The minimum Gasteiger partial charge on any atom is -0.444 e. The lowest BCUT2D eigenvalue weighted by molar-refractivity contribution is -0.121. The highest BCUT2D eigenvalue weighted by Gasteiger charge is 2.15. The molecule has 5 nitrogen and oxygen atoms in total. The molecule has 0 radical (unpaired) electrons. The van der Waals surface area contributed by atoms with Gasteiger partial charge in [0, 0.05) is 25.4 Å². The maximum atomic E-state index is 11.3. The maximum absolute atomic E-state index is 11.3. The Morgan fingerprint density at radius 2 is 1.72 bits per heavy atom. The number of carbonyl (C=O) groups is 2. The second kappa shape index (κ2) is 9.03. The molecule has 0 saturated heterocycles. The van der Waals surface area contributed by atoms with Crippen LogP contribution in [0.4, 0.5) is 4.79 Å². The zero-order valence-corrected chi connectivity index (χ0v) is 12.1. The van der Waals surface area contributed by atoms with Crippen molar-refractivity contribution >= 4 is 23.6 Å². The molecule has 0 aliphatic carbocycles. The fourth-order valence-electron chi connectivity index (χ4n) is 1.14. The molecule has 6 heteroatoms. The molecule has 0 fully saturated rings. The van der Waals surface area contributed by atoms with Crippen molar-refractivity contribution in [3.05, 3.63) is 0 Å². The number of alkyl carbamates (subject to hydrolysis) is 1. The van der Waals surface area contributed by atoms with E-state index in [2.05, 4.69) is 10.6 Å². The monoisotopic (exact) mass is 278 g/mol. The van der Waals surface area contributed by atoms with Gasteiger partial charge in [-0.3, -0.25) is 4.79 Å². The molecule has 106 valence electrons. The Hall–Kier alpha value is -0.970. The van der Waals surface area contributed by atoms with Gasteiger partial charge >= 0.3 is 6.09 Å². The summed E-state index contributed by atoms with van der Waals surface area (Å²) in [5, 5.41) is 5.37. The van der Waals surface area contributed by atoms with E-state index in [0.717, 1.165) is 0 Å². The van der Waals surface area contributed by atoms with Gasteiger partial charge in [-0.15, -0.1) is 11.6 Å². The molecule has 18 heavy (non-hydrogen) atoms. The molecule has 2 amide bonds. The molecular formula is C12H23ClN2O3. The smallest absolute Gasteiger partial charge is 0.407 e. The summed E-state index contributed by atoms with van der Waals surface area (Å²) in [6.07, 6.45) is 1.37. The first kappa shape index (κ1) is 17.0. The van der Waals surface area contributed by atoms with Crippen molar-refractivity contribution in [1.82, 2.24) is 10.6 Å². The van der Waals surface area contributed by atoms with Crippen LogP contribution in [0.25, 0.3) is 0 Å². The fourth-order valence-corrected chi connectivity index (χ4v) is 1.27. The second-order valence-electron chi connectivity index (χ2n) is 4.92. The first-order chi connectivity index (χ1) is 8.35. The van der Waals surface area contributed by atoms with E-state index < -0.39 is 11.7 Å². The van der Waals surface area contributed by atoms with Gasteiger partial charge in [0.2, 0.25) is 5.91 Å². The van der Waals surface area contributed by atoms with Crippen LogP contribution in [0.5, 0.6) is 0 Å². The highest BCUT2D eigenvalue weighted by molar-refractivity contribution is 6.17. The second-order valence-corrected chi connectivity index (χ2v) is 5.30. The average Bonchev–Trinajstić information content (AvgIpc) is 2.23. The highest BCUT2D eigenvalue weighted by atomic mass is 35.5. The first-order valence-electron chi connectivity index (χ1n) is 6.14. The van der Waals surface area contributed by atoms with Crippen molar-refractivity contribution < 1.29 is 14.3 Å². The summed E-state index contributed by atoms with van der Waals surface area (Å²) in [5.41, 5.74) is -0.486. The summed E-state index contributed by atoms with van der Waals surface area (Å²) >= 11 is 5.48. The summed E-state index contributed by atoms with van der Waals surface area (Å²) in [5.74, 6) is 0.487. The lowest BCUT2D eigenvalue weighted by Gasteiger charge is -2.19. The van der Waals surface area contributed by atoms with Gasteiger partial charge in [0.25, 0.3) is 0 Å². The predicted molar refractivity (Wildman–Crippen MR) is 71.8 cm³/mol. The summed E-state index contributed by atoms with van der Waals surface area (Å²) in [7, 11) is 0. The van der Waals surface area contributed by atoms with Gasteiger partial charge in [-0.2, -0.15) is 0 Å². The van der Waals surface area contributed by atoms with Crippen molar-refractivity contribution in [2.24, 2.45) is 0 Å². The highest BCUT2D eigenvalue weighted by Crippen LogP contribution is 2.06. The molecular weight excluding hydrogens is 256 g/mol. The van der Waals surface area contributed by atoms with E-state index in [1.807, 2.05) is 20.8 Å². The normalized spacial score (nSPS) is 10.9. The Morgan fingerprint density at radius 3 is 2.28 bits per heavy atom. The Balaban J connectivity index is 3.45. The number of carbonyl (C=O) groups excluding carboxylic acids is 2. The largest absolute Gasteiger partial charge is 0.444 e. The average molecular weight is 279 g/mol. The van der Waals surface area contributed by atoms with E-state index in [4.69, 9.17) is 16.3 Å². The van der Waals surface area contributed by atoms with Crippen molar-refractivity contribution in [1.29, 1.82) is 0 Å². The van der Waals surface area contributed by atoms with Crippen LogP contribution in [0.2, 0.25) is 0 Å². The molecule has 0 bridgehead atoms. The van der Waals surface area contributed by atoms with Crippen LogP contribution < -0.4 is 10.6 Å². The van der Waals surface area contributed by atoms with E-state index >= 15 is 0 Å². The van der Waals surface area contributed by atoms with Gasteiger partial charge in [-0.1, -0.05) is 0 Å². The standard InChI is InChI=1S/C12H23ClN2O3/c1-12(2,3)18-11(17)15-9-5-8-14-10(16)6-4-7-13/h4-9H2,1-3H3,(H,14,16)(H,15,17). The number of amides is 2. The van der Waals surface area contributed by atoms with Crippen LogP contribution in [0, 0.1) is 0 Å². The summed E-state index contributed by atoms with van der Waals surface area (Å²) in [6.45, 7) is 6.44. The van der Waals surface area contributed by atoms with Gasteiger partial charge in [0.15, 0.2) is 0 Å². The zero-order chi connectivity index (χ0) is 14.0. The number of hydrogen-bond acceptors (Lipinski definition) is 3. The number of hydrogen-bond donors (Lipinski definition) is 2. The van der Waals surface area contributed by atoms with Gasteiger partial charge in [-0.05, 0) is 33.6 Å². The molecule has 0 rings (SSSR count). The number of ether oxygens (including phenoxy) is 1. The van der Waals surface area contributed by atoms with E-state index in [1.54, 1.807) is 0 Å². The third-order valence-electron chi connectivity index (χ3n) is 1.88. The Bertz CT molecular complexity index is 265. The third-order valence-corrected chi connectivity index (χ3v) is 2.15. The molecule has 0 aromatic rings. The van der Waals surface area contributed by atoms with Crippen LogP contribution in [0.15, 0.2) is 0 Å². The number of halogens is 1. The molecule has 0 aliphatic rings. The SMILES string of the molecule is CC(C)(C)OC(=O)NCCCNC(=O)CCCCl. The van der Waals surface area contributed by atoms with Crippen molar-refractivity contribution in [2.75, 3.05) is 19.0 Å². The molecule has 0 aromatic heterocycles. The predicted octanol–water partition coefficient (Wildman–Crippen LogP) is 2.04. The zero-order valence-electron chi connectivity index (χ0n) is 11.3. The van der Waals surface area contributed by atoms with Crippen molar-refractivity contribution in [3.8, 4) is 0 Å². The van der Waals surface area contributed by atoms with E-state index in [-0.39, 0.29) is 5.91 Å². The van der Waals surface area contributed by atoms with Gasteiger partial charge in [-0.25, -0.2) is 4.79 Å². The molecule has 0 aliphatic heterocycles. The van der Waals surface area contributed by atoms with Crippen molar-refractivity contribution in [2.45, 2.75) is 45.6 Å². The van der Waals surface area contributed by atoms with E-state index in [0.29, 0.717) is 38.2 Å². The van der Waals surface area contributed by atoms with Gasteiger partial charge < -0.3 is 15.4 Å².